The van der Waals surface area contributed by atoms with Crippen LogP contribution in [0.5, 0.6) is 0 Å². The van der Waals surface area contributed by atoms with E-state index in [1.54, 1.807) is 0 Å². The summed E-state index contributed by atoms with van der Waals surface area (Å²) in [6.07, 6.45) is 0.920. The second-order valence-corrected chi connectivity index (χ2v) is 5.01. The monoisotopic (exact) mass is 282 g/mol. The van der Waals surface area contributed by atoms with Crippen molar-refractivity contribution in [2.24, 2.45) is 0 Å². The highest BCUT2D eigenvalue weighted by Crippen LogP contribution is 2.23. The van der Waals surface area contributed by atoms with Gasteiger partial charge in [-0.3, -0.25) is 9.69 Å². The molecule has 0 bridgehead atoms. The molecule has 1 aliphatic heterocycles. The molecule has 0 radical (unpaired) electrons. The molecule has 104 valence electrons. The number of carbonyl (C=O) groups excluding carboxylic acids is 1. The van der Waals surface area contributed by atoms with Gasteiger partial charge < -0.3 is 10.1 Å². The molecule has 2 rings (SSSR count). The van der Waals surface area contributed by atoms with Crippen LogP contribution >= 0.6 is 11.6 Å². The Bertz CT molecular complexity index is 445. The Balaban J connectivity index is 1.94. The smallest absolute Gasteiger partial charge is 0.238 e. The van der Waals surface area contributed by atoms with Crippen molar-refractivity contribution < 1.29 is 9.53 Å². The lowest BCUT2D eigenvalue weighted by Gasteiger charge is -2.25. The summed E-state index contributed by atoms with van der Waals surface area (Å²) >= 11 is 6.09. The minimum Gasteiger partial charge on any atom is -0.379 e. The standard InChI is InChI=1S/C14H19ClN2O2/c1-2-11-3-4-12(15)13(9-11)16-14(18)10-17-5-7-19-8-6-17/h3-4,9H,2,5-8,10H2,1H3,(H,16,18). The first-order chi connectivity index (χ1) is 9.19. The zero-order valence-corrected chi connectivity index (χ0v) is 11.9. The third-order valence-electron chi connectivity index (χ3n) is 3.18. The van der Waals surface area contributed by atoms with Crippen molar-refractivity contribution in [3.8, 4) is 0 Å². The largest absolute Gasteiger partial charge is 0.379 e. The molecule has 5 heteroatoms. The van der Waals surface area contributed by atoms with Crippen molar-refractivity contribution >= 4 is 23.2 Å². The van der Waals surface area contributed by atoms with E-state index in [0.29, 0.717) is 30.5 Å². The fraction of sp³-hybridized carbons (Fsp3) is 0.500. The number of ether oxygens (including phenoxy) is 1. The van der Waals surface area contributed by atoms with E-state index in [1.165, 1.54) is 0 Å². The zero-order valence-electron chi connectivity index (χ0n) is 11.1. The van der Waals surface area contributed by atoms with Gasteiger partial charge in [0.05, 0.1) is 30.5 Å². The summed E-state index contributed by atoms with van der Waals surface area (Å²) in [6.45, 7) is 5.45. The number of aryl methyl sites for hydroxylation is 1. The number of amides is 1. The van der Waals surface area contributed by atoms with Gasteiger partial charge in [-0.25, -0.2) is 0 Å². The first-order valence-corrected chi connectivity index (χ1v) is 6.95. The van der Waals surface area contributed by atoms with Crippen LogP contribution in [0.3, 0.4) is 0 Å². The minimum atomic E-state index is -0.0305. The second kappa shape index (κ2) is 6.89. The molecular formula is C14H19ClN2O2. The molecule has 0 saturated carbocycles. The van der Waals surface area contributed by atoms with Gasteiger partial charge in [-0.05, 0) is 24.1 Å². The van der Waals surface area contributed by atoms with Gasteiger partial charge in [0.2, 0.25) is 5.91 Å². The summed E-state index contributed by atoms with van der Waals surface area (Å²) in [7, 11) is 0. The number of nitrogens with zero attached hydrogens (tertiary/aromatic N) is 1. The van der Waals surface area contributed by atoms with Crippen molar-refractivity contribution in [3.63, 3.8) is 0 Å². The van der Waals surface area contributed by atoms with Gasteiger partial charge in [-0.1, -0.05) is 24.6 Å². The van der Waals surface area contributed by atoms with E-state index in [2.05, 4.69) is 17.1 Å². The summed E-state index contributed by atoms with van der Waals surface area (Å²) in [5.41, 5.74) is 1.85. The molecule has 1 aliphatic rings. The molecule has 0 atom stereocenters. The van der Waals surface area contributed by atoms with E-state index in [1.807, 2.05) is 18.2 Å². The highest BCUT2D eigenvalue weighted by atomic mass is 35.5. The predicted octanol–water partition coefficient (Wildman–Crippen LogP) is 2.17. The highest BCUT2D eigenvalue weighted by molar-refractivity contribution is 6.33. The van der Waals surface area contributed by atoms with Gasteiger partial charge in [-0.15, -0.1) is 0 Å². The van der Waals surface area contributed by atoms with Gasteiger partial charge in [-0.2, -0.15) is 0 Å². The number of rotatable bonds is 4. The molecule has 1 amide bonds. The first-order valence-electron chi connectivity index (χ1n) is 6.57. The molecule has 0 aliphatic carbocycles. The molecule has 1 aromatic carbocycles. The van der Waals surface area contributed by atoms with Crippen molar-refractivity contribution in [3.05, 3.63) is 28.8 Å². The molecule has 19 heavy (non-hydrogen) atoms. The Morgan fingerprint density at radius 1 is 1.42 bits per heavy atom. The molecule has 1 saturated heterocycles. The third kappa shape index (κ3) is 4.20. The van der Waals surface area contributed by atoms with Gasteiger partial charge in [0.25, 0.3) is 0 Å². The topological polar surface area (TPSA) is 41.6 Å². The van der Waals surface area contributed by atoms with Crippen LogP contribution in [-0.2, 0) is 16.0 Å². The number of morpholine rings is 1. The van der Waals surface area contributed by atoms with Gasteiger partial charge in [0.15, 0.2) is 0 Å². The van der Waals surface area contributed by atoms with Gasteiger partial charge in [0.1, 0.15) is 0 Å². The van der Waals surface area contributed by atoms with E-state index in [0.717, 1.165) is 25.1 Å². The second-order valence-electron chi connectivity index (χ2n) is 4.60. The lowest BCUT2D eigenvalue weighted by atomic mass is 10.1. The fourth-order valence-electron chi connectivity index (χ4n) is 2.04. The van der Waals surface area contributed by atoms with E-state index in [-0.39, 0.29) is 5.91 Å². The molecule has 0 unspecified atom stereocenters. The van der Waals surface area contributed by atoms with Crippen molar-refractivity contribution in [1.29, 1.82) is 0 Å². The van der Waals surface area contributed by atoms with E-state index in [9.17, 15) is 4.79 Å². The quantitative estimate of drug-likeness (QED) is 0.920. The van der Waals surface area contributed by atoms with Crippen LogP contribution in [0.1, 0.15) is 12.5 Å². The summed E-state index contributed by atoms with van der Waals surface area (Å²) in [4.78, 5) is 14.1. The van der Waals surface area contributed by atoms with Crippen LogP contribution in [0.25, 0.3) is 0 Å². The molecule has 1 N–H and O–H groups in total. The fourth-order valence-corrected chi connectivity index (χ4v) is 2.21. The zero-order chi connectivity index (χ0) is 13.7. The van der Waals surface area contributed by atoms with Crippen molar-refractivity contribution in [2.75, 3.05) is 38.2 Å². The maximum absolute atomic E-state index is 12.0. The number of carbonyl (C=O) groups is 1. The molecule has 0 aromatic heterocycles. The molecule has 1 aromatic rings. The predicted molar refractivity (Wildman–Crippen MR) is 76.7 cm³/mol. The lowest BCUT2D eigenvalue weighted by molar-refractivity contribution is -0.118. The SMILES string of the molecule is CCc1ccc(Cl)c(NC(=O)CN2CCOCC2)c1. The number of anilines is 1. The number of benzene rings is 1. The van der Waals surface area contributed by atoms with E-state index in [4.69, 9.17) is 16.3 Å². The highest BCUT2D eigenvalue weighted by Gasteiger charge is 2.15. The van der Waals surface area contributed by atoms with Crippen LogP contribution in [0, 0.1) is 0 Å². The van der Waals surface area contributed by atoms with Gasteiger partial charge in [0, 0.05) is 13.1 Å². The summed E-state index contributed by atoms with van der Waals surface area (Å²) < 4.78 is 5.25. The third-order valence-corrected chi connectivity index (χ3v) is 3.51. The van der Waals surface area contributed by atoms with Crippen LogP contribution in [-0.4, -0.2) is 43.7 Å². The maximum atomic E-state index is 12.0. The van der Waals surface area contributed by atoms with Crippen molar-refractivity contribution in [2.45, 2.75) is 13.3 Å². The normalized spacial score (nSPS) is 16.3. The Morgan fingerprint density at radius 3 is 2.84 bits per heavy atom. The molecule has 0 spiro atoms. The van der Waals surface area contributed by atoms with Crippen LogP contribution in [0.2, 0.25) is 5.02 Å². The lowest BCUT2D eigenvalue weighted by Crippen LogP contribution is -2.41. The Labute approximate surface area is 118 Å². The van der Waals surface area contributed by atoms with E-state index >= 15 is 0 Å². The Hall–Kier alpha value is -1.10. The summed E-state index contributed by atoms with van der Waals surface area (Å²) in [5.74, 6) is -0.0305. The number of halogens is 1. The van der Waals surface area contributed by atoms with E-state index < -0.39 is 0 Å². The Morgan fingerprint density at radius 2 is 2.16 bits per heavy atom. The number of hydrogen-bond acceptors (Lipinski definition) is 3. The average molecular weight is 283 g/mol. The molecular weight excluding hydrogens is 264 g/mol. The van der Waals surface area contributed by atoms with Crippen molar-refractivity contribution in [1.82, 2.24) is 4.90 Å². The maximum Gasteiger partial charge on any atom is 0.238 e. The van der Waals surface area contributed by atoms with Crippen LogP contribution < -0.4 is 5.32 Å². The van der Waals surface area contributed by atoms with Crippen LogP contribution in [0.4, 0.5) is 5.69 Å². The van der Waals surface area contributed by atoms with Crippen LogP contribution in [0.15, 0.2) is 18.2 Å². The molecule has 1 heterocycles. The molecule has 1 fully saturated rings. The average Bonchev–Trinajstić information content (AvgIpc) is 2.42. The molecule has 4 nitrogen and oxygen atoms in total. The summed E-state index contributed by atoms with van der Waals surface area (Å²) in [6, 6.07) is 5.73. The van der Waals surface area contributed by atoms with Gasteiger partial charge >= 0.3 is 0 Å². The Kier molecular flexibility index (Phi) is 5.19. The number of hydrogen-bond donors (Lipinski definition) is 1. The number of nitrogens with one attached hydrogen (secondary N) is 1. The minimum absolute atomic E-state index is 0.0305. The summed E-state index contributed by atoms with van der Waals surface area (Å²) in [5, 5.41) is 3.46. The first kappa shape index (κ1) is 14.3.